The molecule has 39 heavy (non-hydrogen) atoms. The highest BCUT2D eigenvalue weighted by molar-refractivity contribution is 5.93. The number of rotatable bonds is 12. The maximum Gasteiger partial charge on any atom is 0.316 e. The van der Waals surface area contributed by atoms with Gasteiger partial charge in [-0.25, -0.2) is 4.79 Å². The van der Waals surface area contributed by atoms with Crippen LogP contribution in [0.25, 0.3) is 11.1 Å². The molecule has 1 saturated heterocycles. The Bertz CT molecular complexity index is 1100. The molecule has 210 valence electrons. The zero-order valence-electron chi connectivity index (χ0n) is 22.6. The van der Waals surface area contributed by atoms with E-state index in [0.29, 0.717) is 31.4 Å². The number of aliphatic carboxylic acids is 1. The number of amides is 2. The molecule has 0 aromatic heterocycles. The third-order valence-electron chi connectivity index (χ3n) is 7.59. The third-order valence-corrected chi connectivity index (χ3v) is 7.59. The lowest BCUT2D eigenvalue weighted by Crippen LogP contribution is -2.45. The maximum atomic E-state index is 11.4. The molecule has 8 nitrogen and oxygen atoms in total. The van der Waals surface area contributed by atoms with Crippen molar-refractivity contribution in [3.63, 3.8) is 0 Å². The van der Waals surface area contributed by atoms with E-state index in [0.717, 1.165) is 42.6 Å². The molecule has 1 aliphatic carbocycles. The number of carboxylic acid groups (broad SMARTS) is 1. The monoisotopic (exact) mass is 535 g/mol. The summed E-state index contributed by atoms with van der Waals surface area (Å²) in [4.78, 5) is 24.7. The van der Waals surface area contributed by atoms with Crippen LogP contribution in [-0.2, 0) is 20.9 Å². The number of carbonyl (C=O) groups excluding carboxylic acids is 1. The predicted molar refractivity (Wildman–Crippen MR) is 152 cm³/mol. The van der Waals surface area contributed by atoms with Gasteiger partial charge in [0, 0.05) is 18.0 Å². The molecule has 4 N–H and O–H groups in total. The number of hydrogen-bond donors (Lipinski definition) is 3. The van der Waals surface area contributed by atoms with Crippen molar-refractivity contribution < 1.29 is 24.2 Å². The summed E-state index contributed by atoms with van der Waals surface area (Å²) in [6, 6.07) is 15.5. The highest BCUT2D eigenvalue weighted by Crippen LogP contribution is 2.32. The molecule has 1 saturated carbocycles. The molecular formula is C31H41N3O5. The Morgan fingerprint density at radius 2 is 1.72 bits per heavy atom. The van der Waals surface area contributed by atoms with Crippen LogP contribution in [0, 0.1) is 0 Å². The minimum atomic E-state index is -0.786. The van der Waals surface area contributed by atoms with Crippen molar-refractivity contribution >= 4 is 17.7 Å². The predicted octanol–water partition coefficient (Wildman–Crippen LogP) is 5.57. The van der Waals surface area contributed by atoms with Crippen LogP contribution >= 0.6 is 0 Å². The number of urea groups is 1. The first-order valence-electron chi connectivity index (χ1n) is 14.1. The van der Waals surface area contributed by atoms with Gasteiger partial charge in [0.25, 0.3) is 0 Å². The largest absolute Gasteiger partial charge is 0.481 e. The minimum Gasteiger partial charge on any atom is -0.481 e. The molecule has 8 heteroatoms. The fourth-order valence-electron chi connectivity index (χ4n) is 5.64. The second kappa shape index (κ2) is 14.8. The van der Waals surface area contributed by atoms with E-state index in [-0.39, 0.29) is 18.6 Å². The molecule has 0 bridgehead atoms. The lowest BCUT2D eigenvalue weighted by Gasteiger charge is -2.33. The lowest BCUT2D eigenvalue weighted by atomic mass is 10.0. The summed E-state index contributed by atoms with van der Waals surface area (Å²) in [5.41, 5.74) is 8.97. The molecule has 1 aliphatic heterocycles. The normalized spacial score (nSPS) is 22.1. The fraction of sp³-hybridized carbons (Fsp3) is 0.484. The van der Waals surface area contributed by atoms with Crippen LogP contribution in [0.2, 0.25) is 0 Å². The number of hydrogen-bond acceptors (Lipinski definition) is 5. The lowest BCUT2D eigenvalue weighted by molar-refractivity contribution is -0.136. The molecule has 3 atom stereocenters. The molecule has 1 heterocycles. The van der Waals surface area contributed by atoms with Gasteiger partial charge < -0.3 is 25.6 Å². The third kappa shape index (κ3) is 8.65. The van der Waals surface area contributed by atoms with Crippen molar-refractivity contribution in [2.75, 3.05) is 25.0 Å². The number of para-hydroxylation sites is 1. The van der Waals surface area contributed by atoms with Gasteiger partial charge in [-0.1, -0.05) is 67.5 Å². The number of likely N-dealkylation sites (tertiary alicyclic amines) is 1. The quantitative estimate of drug-likeness (QED) is 0.306. The zero-order valence-corrected chi connectivity index (χ0v) is 22.6. The van der Waals surface area contributed by atoms with Gasteiger partial charge in [0.05, 0.1) is 31.1 Å². The molecule has 2 fully saturated rings. The van der Waals surface area contributed by atoms with Gasteiger partial charge in [0.15, 0.2) is 0 Å². The van der Waals surface area contributed by atoms with Crippen LogP contribution in [0.5, 0.6) is 0 Å². The fourth-order valence-corrected chi connectivity index (χ4v) is 5.64. The molecule has 2 aromatic carbocycles. The van der Waals surface area contributed by atoms with Gasteiger partial charge >= 0.3 is 12.0 Å². The summed E-state index contributed by atoms with van der Waals surface area (Å²) in [6.45, 7) is 3.17. The van der Waals surface area contributed by atoms with Gasteiger partial charge in [0.2, 0.25) is 0 Å². The van der Waals surface area contributed by atoms with E-state index < -0.39 is 12.0 Å². The number of carboxylic acids is 1. The Labute approximate surface area is 231 Å². The Morgan fingerprint density at radius 1 is 0.974 bits per heavy atom. The highest BCUT2D eigenvalue weighted by atomic mass is 16.5. The van der Waals surface area contributed by atoms with E-state index in [1.165, 1.54) is 25.7 Å². The number of allylic oxidation sites excluding steroid dienone is 1. The Balaban J connectivity index is 1.38. The van der Waals surface area contributed by atoms with E-state index in [4.69, 9.17) is 20.3 Å². The summed E-state index contributed by atoms with van der Waals surface area (Å²) in [5, 5.41) is 11.5. The van der Waals surface area contributed by atoms with Gasteiger partial charge in [-0.3, -0.25) is 9.69 Å². The average Bonchev–Trinajstić information content (AvgIpc) is 3.12. The van der Waals surface area contributed by atoms with Crippen LogP contribution in [0.15, 0.2) is 60.7 Å². The molecule has 4 rings (SSSR count). The van der Waals surface area contributed by atoms with Crippen LogP contribution < -0.4 is 11.1 Å². The first-order chi connectivity index (χ1) is 19.0. The number of nitrogens with zero attached hydrogens (tertiary/aromatic N) is 1. The van der Waals surface area contributed by atoms with Crippen LogP contribution in [0.4, 0.5) is 10.5 Å². The number of ether oxygens (including phenoxy) is 2. The smallest absolute Gasteiger partial charge is 0.316 e. The second-order valence-electron chi connectivity index (χ2n) is 10.4. The van der Waals surface area contributed by atoms with Gasteiger partial charge in [-0.2, -0.15) is 0 Å². The summed E-state index contributed by atoms with van der Waals surface area (Å²) >= 11 is 0. The molecule has 0 radical (unpaired) electrons. The maximum absolute atomic E-state index is 11.4. The molecular weight excluding hydrogens is 494 g/mol. The van der Waals surface area contributed by atoms with Crippen molar-refractivity contribution in [2.45, 2.75) is 76.2 Å². The number of carbonyl (C=O) groups is 2. The SMILES string of the molecule is NC(=O)Nc1ccccc1-c1ccc(CO[C@@H]2CC[C@H](N3CCCCCC3)[C@H]2OC/C=C\CCC(=O)O)cc1. The Morgan fingerprint density at radius 3 is 2.44 bits per heavy atom. The summed E-state index contributed by atoms with van der Waals surface area (Å²) in [7, 11) is 0. The molecule has 0 spiro atoms. The van der Waals surface area contributed by atoms with Crippen LogP contribution in [0.1, 0.15) is 56.9 Å². The van der Waals surface area contributed by atoms with Gasteiger partial charge in [0.1, 0.15) is 0 Å². The Kier molecular flexibility index (Phi) is 10.9. The topological polar surface area (TPSA) is 114 Å². The number of anilines is 1. The van der Waals surface area contributed by atoms with E-state index in [1.807, 2.05) is 48.6 Å². The molecule has 2 aromatic rings. The van der Waals surface area contributed by atoms with Crippen molar-refractivity contribution in [3.05, 3.63) is 66.2 Å². The zero-order chi connectivity index (χ0) is 27.5. The number of nitrogens with two attached hydrogens (primary N) is 1. The van der Waals surface area contributed by atoms with E-state index >= 15 is 0 Å². The van der Waals surface area contributed by atoms with Gasteiger partial charge in [-0.05, 0) is 62.4 Å². The molecule has 0 unspecified atom stereocenters. The first kappa shape index (κ1) is 28.8. The van der Waals surface area contributed by atoms with Crippen molar-refractivity contribution in [2.24, 2.45) is 5.73 Å². The van der Waals surface area contributed by atoms with Crippen molar-refractivity contribution in [3.8, 4) is 11.1 Å². The first-order valence-corrected chi connectivity index (χ1v) is 14.1. The minimum absolute atomic E-state index is 0.00541. The molecule has 2 aliphatic rings. The van der Waals surface area contributed by atoms with E-state index in [1.54, 1.807) is 0 Å². The Hall–Kier alpha value is -3.20. The van der Waals surface area contributed by atoms with Crippen LogP contribution in [-0.4, -0.2) is 60.0 Å². The number of primary amides is 1. The number of benzene rings is 2. The van der Waals surface area contributed by atoms with Crippen LogP contribution in [0.3, 0.4) is 0 Å². The van der Waals surface area contributed by atoms with Crippen molar-refractivity contribution in [1.82, 2.24) is 4.90 Å². The van der Waals surface area contributed by atoms with Crippen molar-refractivity contribution in [1.29, 1.82) is 0 Å². The second-order valence-corrected chi connectivity index (χ2v) is 10.4. The average molecular weight is 536 g/mol. The molecule has 2 amide bonds. The summed E-state index contributed by atoms with van der Waals surface area (Å²) < 4.78 is 12.9. The standard InChI is InChI=1S/C31H41N3O5/c32-31(37)33-26-11-6-5-10-25(26)24-15-13-23(14-16-24)22-39-28-18-17-27(34-19-7-1-2-8-20-34)30(28)38-21-9-3-4-12-29(35)36/h3,5-6,9-11,13-16,27-28,30H,1-2,4,7-8,12,17-22H2,(H,35,36)(H3,32,33,37)/b9-3-/t27-,28+,30+/m0/s1. The summed E-state index contributed by atoms with van der Waals surface area (Å²) in [5.74, 6) is -0.786. The highest BCUT2D eigenvalue weighted by Gasteiger charge is 2.40. The van der Waals surface area contributed by atoms with E-state index in [9.17, 15) is 9.59 Å². The van der Waals surface area contributed by atoms with Gasteiger partial charge in [-0.15, -0.1) is 0 Å². The van der Waals surface area contributed by atoms with E-state index in [2.05, 4.69) is 22.3 Å². The summed E-state index contributed by atoms with van der Waals surface area (Å²) in [6.07, 6.45) is 11.5. The number of nitrogens with one attached hydrogen (secondary N) is 1.